The van der Waals surface area contributed by atoms with Gasteiger partial charge in [0, 0.05) is 31.1 Å². The van der Waals surface area contributed by atoms with Gasteiger partial charge in [-0.05, 0) is 42.2 Å². The van der Waals surface area contributed by atoms with Crippen LogP contribution in [0.4, 0.5) is 5.69 Å². The molecule has 1 aromatic rings. The van der Waals surface area contributed by atoms with Gasteiger partial charge >= 0.3 is 0 Å². The molecule has 1 saturated heterocycles. The number of rotatable bonds is 2. The molecule has 2 aliphatic heterocycles. The predicted octanol–water partition coefficient (Wildman–Crippen LogP) is 1.69. The van der Waals surface area contributed by atoms with Crippen LogP contribution in [0.15, 0.2) is 18.2 Å². The van der Waals surface area contributed by atoms with Gasteiger partial charge in [-0.3, -0.25) is 14.9 Å². The van der Waals surface area contributed by atoms with Crippen LogP contribution in [0, 0.1) is 21.4 Å². The molecule has 4 rings (SSSR count). The van der Waals surface area contributed by atoms with E-state index in [1.54, 1.807) is 17.0 Å². The molecule has 8 heteroatoms. The van der Waals surface area contributed by atoms with Crippen molar-refractivity contribution in [2.75, 3.05) is 18.1 Å². The average molecular weight is 364 g/mol. The number of nitrogens with zero attached hydrogens (tertiary/aromatic N) is 2. The van der Waals surface area contributed by atoms with Gasteiger partial charge < -0.3 is 4.90 Å². The second-order valence-electron chi connectivity index (χ2n) is 7.49. The van der Waals surface area contributed by atoms with Gasteiger partial charge in [-0.1, -0.05) is 6.07 Å². The van der Waals surface area contributed by atoms with E-state index in [0.29, 0.717) is 32.4 Å². The van der Waals surface area contributed by atoms with Crippen molar-refractivity contribution in [3.63, 3.8) is 0 Å². The molecule has 25 heavy (non-hydrogen) atoms. The molecule has 134 valence electrons. The Kier molecular flexibility index (Phi) is 3.64. The summed E-state index contributed by atoms with van der Waals surface area (Å²) in [5.74, 6) is 0.372. The number of sulfone groups is 1. The molecule has 0 radical (unpaired) electrons. The third-order valence-electron chi connectivity index (χ3n) is 6.03. The van der Waals surface area contributed by atoms with E-state index in [2.05, 4.69) is 0 Å². The van der Waals surface area contributed by atoms with E-state index in [1.807, 2.05) is 0 Å². The number of carbonyl (C=O) groups is 1. The zero-order valence-corrected chi connectivity index (χ0v) is 14.6. The summed E-state index contributed by atoms with van der Waals surface area (Å²) >= 11 is 0. The molecule has 0 aromatic heterocycles. The normalized spacial score (nSPS) is 26.1. The molecule has 1 saturated carbocycles. The monoisotopic (exact) mass is 364 g/mol. The molecule has 7 nitrogen and oxygen atoms in total. The summed E-state index contributed by atoms with van der Waals surface area (Å²) < 4.78 is 23.2. The van der Waals surface area contributed by atoms with E-state index in [9.17, 15) is 23.3 Å². The first-order chi connectivity index (χ1) is 11.8. The van der Waals surface area contributed by atoms with Crippen LogP contribution in [0.2, 0.25) is 0 Å². The molecule has 1 aromatic carbocycles. The third kappa shape index (κ3) is 2.92. The summed E-state index contributed by atoms with van der Waals surface area (Å²) in [5, 5.41) is 11.0. The Hall–Kier alpha value is -1.96. The quantitative estimate of drug-likeness (QED) is 0.588. The van der Waals surface area contributed by atoms with Crippen molar-refractivity contribution >= 4 is 21.4 Å². The van der Waals surface area contributed by atoms with Gasteiger partial charge in [0.1, 0.15) is 9.84 Å². The largest absolute Gasteiger partial charge is 0.338 e. The highest BCUT2D eigenvalue weighted by Crippen LogP contribution is 2.60. The molecule has 1 spiro atoms. The second kappa shape index (κ2) is 5.52. The Balaban J connectivity index is 1.46. The highest BCUT2D eigenvalue weighted by Gasteiger charge is 2.60. The number of non-ortho nitro benzene ring substituents is 1. The number of carbonyl (C=O) groups excluding carboxylic acids is 1. The fraction of sp³-hybridized carbons (Fsp3) is 0.588. The van der Waals surface area contributed by atoms with Crippen LogP contribution in [0.3, 0.4) is 0 Å². The minimum Gasteiger partial charge on any atom is -0.338 e. The van der Waals surface area contributed by atoms with Crippen molar-refractivity contribution in [2.45, 2.75) is 32.2 Å². The van der Waals surface area contributed by atoms with Crippen LogP contribution in [0.1, 0.15) is 30.4 Å². The molecule has 1 unspecified atom stereocenters. The zero-order valence-electron chi connectivity index (χ0n) is 13.8. The van der Waals surface area contributed by atoms with E-state index >= 15 is 0 Å². The highest BCUT2D eigenvalue weighted by molar-refractivity contribution is 7.91. The van der Waals surface area contributed by atoms with Crippen LogP contribution < -0.4 is 0 Å². The average Bonchev–Trinajstić information content (AvgIpc) is 3.30. The van der Waals surface area contributed by atoms with Crippen molar-refractivity contribution in [3.8, 4) is 0 Å². The smallest absolute Gasteiger partial charge is 0.269 e. The standard InChI is InChI=1S/C17H20N2O5S/c20-16(15-10-17(15)4-7-25(23,24)8-5-17)18-6-3-12-1-2-14(19(21)22)9-13(12)11-18/h1-2,9,15H,3-8,10-11H2. The molecular weight excluding hydrogens is 344 g/mol. The molecule has 0 bridgehead atoms. The molecule has 3 aliphatic rings. The fourth-order valence-electron chi connectivity index (χ4n) is 4.26. The Morgan fingerprint density at radius 1 is 1.24 bits per heavy atom. The lowest BCUT2D eigenvalue weighted by Crippen LogP contribution is -2.38. The maximum absolute atomic E-state index is 12.9. The number of fused-ring (bicyclic) bond motifs is 1. The van der Waals surface area contributed by atoms with Crippen molar-refractivity contribution in [2.24, 2.45) is 11.3 Å². The molecule has 2 fully saturated rings. The van der Waals surface area contributed by atoms with Crippen LogP contribution in [0.25, 0.3) is 0 Å². The Labute approximate surface area is 146 Å². The Morgan fingerprint density at radius 3 is 2.64 bits per heavy atom. The topological polar surface area (TPSA) is 97.6 Å². The first-order valence-corrected chi connectivity index (χ1v) is 10.4. The third-order valence-corrected chi connectivity index (χ3v) is 7.69. The lowest BCUT2D eigenvalue weighted by Gasteiger charge is -2.30. The van der Waals surface area contributed by atoms with Crippen molar-refractivity contribution in [1.29, 1.82) is 0 Å². The minimum atomic E-state index is -2.93. The van der Waals surface area contributed by atoms with E-state index in [1.165, 1.54) is 6.07 Å². The minimum absolute atomic E-state index is 0.0495. The number of nitro benzene ring substituents is 1. The molecular formula is C17H20N2O5S. The molecule has 0 N–H and O–H groups in total. The Morgan fingerprint density at radius 2 is 1.96 bits per heavy atom. The predicted molar refractivity (Wildman–Crippen MR) is 90.6 cm³/mol. The van der Waals surface area contributed by atoms with Gasteiger partial charge in [-0.25, -0.2) is 8.42 Å². The first-order valence-electron chi connectivity index (χ1n) is 8.55. The number of nitro groups is 1. The molecule has 1 amide bonds. The van der Waals surface area contributed by atoms with Gasteiger partial charge in [0.2, 0.25) is 5.91 Å². The van der Waals surface area contributed by atoms with Crippen LogP contribution in [-0.4, -0.2) is 42.2 Å². The second-order valence-corrected chi connectivity index (χ2v) is 9.79. The number of hydrogen-bond acceptors (Lipinski definition) is 5. The van der Waals surface area contributed by atoms with Crippen molar-refractivity contribution < 1.29 is 18.1 Å². The summed E-state index contributed by atoms with van der Waals surface area (Å²) in [7, 11) is -2.93. The van der Waals surface area contributed by atoms with Gasteiger partial charge in [0.15, 0.2) is 0 Å². The zero-order chi connectivity index (χ0) is 17.8. The fourth-order valence-corrected chi connectivity index (χ4v) is 5.90. The van der Waals surface area contributed by atoms with Crippen LogP contribution in [-0.2, 0) is 27.6 Å². The maximum atomic E-state index is 12.9. The van der Waals surface area contributed by atoms with E-state index in [4.69, 9.17) is 0 Å². The summed E-state index contributed by atoms with van der Waals surface area (Å²) in [6, 6.07) is 4.85. The van der Waals surface area contributed by atoms with Gasteiger partial charge in [-0.15, -0.1) is 0 Å². The van der Waals surface area contributed by atoms with Gasteiger partial charge in [-0.2, -0.15) is 0 Å². The van der Waals surface area contributed by atoms with Gasteiger partial charge in [0.25, 0.3) is 5.69 Å². The van der Waals surface area contributed by atoms with Crippen LogP contribution in [0.5, 0.6) is 0 Å². The number of amides is 1. The maximum Gasteiger partial charge on any atom is 0.269 e. The van der Waals surface area contributed by atoms with E-state index in [0.717, 1.165) is 17.5 Å². The first kappa shape index (κ1) is 16.5. The van der Waals surface area contributed by atoms with E-state index in [-0.39, 0.29) is 34.4 Å². The SMILES string of the molecule is O=C(C1CC12CCS(=O)(=O)CC2)N1CCc2ccc([N+](=O)[O-])cc2C1. The van der Waals surface area contributed by atoms with Crippen molar-refractivity contribution in [3.05, 3.63) is 39.4 Å². The Bertz CT molecular complexity index is 850. The number of hydrogen-bond donors (Lipinski definition) is 0. The van der Waals surface area contributed by atoms with Gasteiger partial charge in [0.05, 0.1) is 16.4 Å². The summed E-state index contributed by atoms with van der Waals surface area (Å²) in [4.78, 5) is 25.2. The summed E-state index contributed by atoms with van der Waals surface area (Å²) in [5.41, 5.74) is 1.83. The number of benzene rings is 1. The lowest BCUT2D eigenvalue weighted by molar-refractivity contribution is -0.385. The molecule has 1 aliphatic carbocycles. The highest BCUT2D eigenvalue weighted by atomic mass is 32.2. The molecule has 1 atom stereocenters. The van der Waals surface area contributed by atoms with Crippen LogP contribution >= 0.6 is 0 Å². The van der Waals surface area contributed by atoms with Crippen molar-refractivity contribution in [1.82, 2.24) is 4.90 Å². The lowest BCUT2D eigenvalue weighted by atomic mass is 9.94. The summed E-state index contributed by atoms with van der Waals surface area (Å²) in [6.45, 7) is 1.02. The summed E-state index contributed by atoms with van der Waals surface area (Å²) in [6.07, 6.45) is 2.65. The van der Waals surface area contributed by atoms with E-state index < -0.39 is 14.8 Å². The molecule has 2 heterocycles.